The number of hydrogen-bond acceptors (Lipinski definition) is 3. The van der Waals surface area contributed by atoms with Crippen molar-refractivity contribution in [2.45, 2.75) is 26.0 Å². The highest BCUT2D eigenvalue weighted by molar-refractivity contribution is 5.87. The average Bonchev–Trinajstić information content (AvgIpc) is 2.42. The summed E-state index contributed by atoms with van der Waals surface area (Å²) >= 11 is 0. The summed E-state index contributed by atoms with van der Waals surface area (Å²) in [7, 11) is 0. The molecule has 0 aliphatic carbocycles. The van der Waals surface area contributed by atoms with Gasteiger partial charge in [-0.1, -0.05) is 12.1 Å². The van der Waals surface area contributed by atoms with Gasteiger partial charge in [-0.05, 0) is 31.5 Å². The summed E-state index contributed by atoms with van der Waals surface area (Å²) in [5.41, 5.74) is 0.872. The van der Waals surface area contributed by atoms with E-state index >= 15 is 0 Å². The number of likely N-dealkylation sites (tertiary alicyclic amines) is 1. The highest BCUT2D eigenvalue weighted by atomic mass is 16.5. The molecule has 114 valence electrons. The van der Waals surface area contributed by atoms with E-state index in [1.807, 2.05) is 13.8 Å². The standard InChI is InChI=1S/C15H20N2O4/c1-3-21-15(2)9-17(10-15)14(20)16-8-11-4-6-12(7-5-11)13(18)19/h4-7H,3,8-10H2,1-2H3,(H,16,20)(H,18,19). The van der Waals surface area contributed by atoms with Gasteiger partial charge in [0, 0.05) is 13.2 Å². The topological polar surface area (TPSA) is 78.9 Å². The van der Waals surface area contributed by atoms with E-state index in [4.69, 9.17) is 9.84 Å². The number of rotatable bonds is 5. The van der Waals surface area contributed by atoms with Crippen molar-refractivity contribution in [2.75, 3.05) is 19.7 Å². The van der Waals surface area contributed by atoms with Crippen LogP contribution in [0.3, 0.4) is 0 Å². The summed E-state index contributed by atoms with van der Waals surface area (Å²) in [6, 6.07) is 6.32. The zero-order valence-electron chi connectivity index (χ0n) is 12.3. The number of carbonyl (C=O) groups excluding carboxylic acids is 1. The number of carboxylic acid groups (broad SMARTS) is 1. The van der Waals surface area contributed by atoms with E-state index in [-0.39, 0.29) is 17.2 Å². The van der Waals surface area contributed by atoms with Gasteiger partial charge < -0.3 is 20.1 Å². The number of nitrogens with zero attached hydrogens (tertiary/aromatic N) is 1. The molecule has 0 aromatic heterocycles. The Morgan fingerprint density at radius 2 is 1.95 bits per heavy atom. The smallest absolute Gasteiger partial charge is 0.335 e. The van der Waals surface area contributed by atoms with Crippen LogP contribution in [0.1, 0.15) is 29.8 Å². The molecule has 0 bridgehead atoms. The van der Waals surface area contributed by atoms with E-state index in [2.05, 4.69) is 5.32 Å². The van der Waals surface area contributed by atoms with Crippen LogP contribution in [0.5, 0.6) is 0 Å². The van der Waals surface area contributed by atoms with Gasteiger partial charge in [0.1, 0.15) is 5.60 Å². The van der Waals surface area contributed by atoms with Crippen LogP contribution in [0.25, 0.3) is 0 Å². The highest BCUT2D eigenvalue weighted by Gasteiger charge is 2.41. The first-order valence-electron chi connectivity index (χ1n) is 6.92. The van der Waals surface area contributed by atoms with Crippen LogP contribution in [0.15, 0.2) is 24.3 Å². The van der Waals surface area contributed by atoms with E-state index < -0.39 is 5.97 Å². The van der Waals surface area contributed by atoms with Gasteiger partial charge in [0.05, 0.1) is 18.7 Å². The van der Waals surface area contributed by atoms with Gasteiger partial charge in [-0.15, -0.1) is 0 Å². The fraction of sp³-hybridized carbons (Fsp3) is 0.467. The number of ether oxygens (including phenoxy) is 1. The Balaban J connectivity index is 1.79. The Bertz CT molecular complexity index is 521. The molecule has 1 fully saturated rings. The number of aromatic carboxylic acids is 1. The van der Waals surface area contributed by atoms with Gasteiger partial charge in [-0.2, -0.15) is 0 Å². The second-order valence-electron chi connectivity index (χ2n) is 5.40. The van der Waals surface area contributed by atoms with Gasteiger partial charge >= 0.3 is 12.0 Å². The quantitative estimate of drug-likeness (QED) is 0.866. The number of amides is 2. The molecule has 0 spiro atoms. The first-order chi connectivity index (χ1) is 9.93. The molecular formula is C15H20N2O4. The number of carboxylic acids is 1. The third kappa shape index (κ3) is 3.72. The van der Waals surface area contributed by atoms with Crippen molar-refractivity contribution < 1.29 is 19.4 Å². The number of nitrogens with one attached hydrogen (secondary N) is 1. The molecule has 0 atom stereocenters. The van der Waals surface area contributed by atoms with Crippen LogP contribution >= 0.6 is 0 Å². The summed E-state index contributed by atoms with van der Waals surface area (Å²) in [6.45, 7) is 6.12. The summed E-state index contributed by atoms with van der Waals surface area (Å²) < 4.78 is 5.57. The molecule has 2 rings (SSSR count). The summed E-state index contributed by atoms with van der Waals surface area (Å²) in [5, 5.41) is 11.6. The first-order valence-corrected chi connectivity index (χ1v) is 6.92. The third-order valence-corrected chi connectivity index (χ3v) is 3.48. The molecule has 1 saturated heterocycles. The Morgan fingerprint density at radius 3 is 2.48 bits per heavy atom. The largest absolute Gasteiger partial charge is 0.478 e. The summed E-state index contributed by atoms with van der Waals surface area (Å²) in [6.07, 6.45) is 0. The molecule has 2 amide bonds. The molecule has 6 heteroatoms. The van der Waals surface area contributed by atoms with Crippen molar-refractivity contribution in [1.29, 1.82) is 0 Å². The minimum absolute atomic E-state index is 0.130. The maximum absolute atomic E-state index is 11.9. The van der Waals surface area contributed by atoms with Gasteiger partial charge in [0.2, 0.25) is 0 Å². The van der Waals surface area contributed by atoms with Crippen molar-refractivity contribution in [2.24, 2.45) is 0 Å². The number of benzene rings is 1. The molecule has 1 aromatic rings. The molecule has 1 aliphatic heterocycles. The van der Waals surface area contributed by atoms with Crippen molar-refractivity contribution in [3.05, 3.63) is 35.4 Å². The lowest BCUT2D eigenvalue weighted by molar-refractivity contribution is -0.110. The molecule has 1 heterocycles. The fourth-order valence-corrected chi connectivity index (χ4v) is 2.40. The lowest BCUT2D eigenvalue weighted by Gasteiger charge is -2.47. The number of carbonyl (C=O) groups is 2. The molecular weight excluding hydrogens is 272 g/mol. The maximum atomic E-state index is 11.9. The van der Waals surface area contributed by atoms with Crippen LogP contribution in [-0.2, 0) is 11.3 Å². The molecule has 21 heavy (non-hydrogen) atoms. The van der Waals surface area contributed by atoms with Gasteiger partial charge in [-0.3, -0.25) is 0 Å². The molecule has 1 aliphatic rings. The molecule has 0 radical (unpaired) electrons. The van der Waals surface area contributed by atoms with Gasteiger partial charge in [0.25, 0.3) is 0 Å². The predicted octanol–water partition coefficient (Wildman–Crippen LogP) is 1.71. The molecule has 2 N–H and O–H groups in total. The van der Waals surface area contributed by atoms with Gasteiger partial charge in [-0.25, -0.2) is 9.59 Å². The van der Waals surface area contributed by atoms with Crippen LogP contribution in [0.4, 0.5) is 4.79 Å². The number of hydrogen-bond donors (Lipinski definition) is 2. The summed E-state index contributed by atoms with van der Waals surface area (Å²) in [5.74, 6) is -0.957. The van der Waals surface area contributed by atoms with Crippen LogP contribution < -0.4 is 5.32 Å². The van der Waals surface area contributed by atoms with Crippen LogP contribution in [0.2, 0.25) is 0 Å². The van der Waals surface area contributed by atoms with E-state index in [0.717, 1.165) is 5.56 Å². The van der Waals surface area contributed by atoms with Crippen molar-refractivity contribution in [1.82, 2.24) is 10.2 Å². The monoisotopic (exact) mass is 292 g/mol. The fourth-order valence-electron chi connectivity index (χ4n) is 2.40. The summed E-state index contributed by atoms with van der Waals surface area (Å²) in [4.78, 5) is 24.4. The minimum atomic E-state index is -0.957. The highest BCUT2D eigenvalue weighted by Crippen LogP contribution is 2.24. The maximum Gasteiger partial charge on any atom is 0.335 e. The van der Waals surface area contributed by atoms with E-state index in [1.54, 1.807) is 17.0 Å². The SMILES string of the molecule is CCOC1(C)CN(C(=O)NCc2ccc(C(=O)O)cc2)C1. The second-order valence-corrected chi connectivity index (χ2v) is 5.40. The van der Waals surface area contributed by atoms with E-state index in [9.17, 15) is 9.59 Å². The van der Waals surface area contributed by atoms with E-state index in [0.29, 0.717) is 26.2 Å². The first kappa shape index (κ1) is 15.3. The zero-order chi connectivity index (χ0) is 15.5. The Hall–Kier alpha value is -2.08. The predicted molar refractivity (Wildman–Crippen MR) is 77.2 cm³/mol. The lowest BCUT2D eigenvalue weighted by atomic mass is 9.97. The Morgan fingerprint density at radius 1 is 1.33 bits per heavy atom. The molecule has 0 unspecified atom stereocenters. The average molecular weight is 292 g/mol. The van der Waals surface area contributed by atoms with Crippen molar-refractivity contribution in [3.63, 3.8) is 0 Å². The van der Waals surface area contributed by atoms with Gasteiger partial charge in [0.15, 0.2) is 0 Å². The third-order valence-electron chi connectivity index (χ3n) is 3.48. The Labute approximate surface area is 123 Å². The second kappa shape index (κ2) is 6.13. The zero-order valence-corrected chi connectivity index (χ0v) is 12.3. The van der Waals surface area contributed by atoms with E-state index in [1.165, 1.54) is 12.1 Å². The number of urea groups is 1. The van der Waals surface area contributed by atoms with Crippen molar-refractivity contribution >= 4 is 12.0 Å². The van der Waals surface area contributed by atoms with Crippen LogP contribution in [-0.4, -0.2) is 47.3 Å². The molecule has 1 aromatic carbocycles. The molecule has 6 nitrogen and oxygen atoms in total. The van der Waals surface area contributed by atoms with Crippen LogP contribution in [0, 0.1) is 0 Å². The Kier molecular flexibility index (Phi) is 4.47. The lowest BCUT2D eigenvalue weighted by Crippen LogP contribution is -2.64. The molecule has 0 saturated carbocycles. The normalized spacial score (nSPS) is 16.2. The minimum Gasteiger partial charge on any atom is -0.478 e. The van der Waals surface area contributed by atoms with Crippen molar-refractivity contribution in [3.8, 4) is 0 Å².